The normalized spacial score (nSPS) is 10.6. The zero-order chi connectivity index (χ0) is 24.5. The van der Waals surface area contributed by atoms with Crippen molar-refractivity contribution in [3.63, 3.8) is 0 Å². The van der Waals surface area contributed by atoms with Crippen molar-refractivity contribution in [2.45, 2.75) is 25.8 Å². The summed E-state index contributed by atoms with van der Waals surface area (Å²) in [6.45, 7) is 1.04. The van der Waals surface area contributed by atoms with Crippen LogP contribution in [0.2, 0.25) is 0 Å². The van der Waals surface area contributed by atoms with Gasteiger partial charge in [0.05, 0.1) is 12.0 Å². The molecule has 4 rings (SSSR count). The lowest BCUT2D eigenvalue weighted by molar-refractivity contribution is -0.131. The Kier molecular flexibility index (Phi) is 8.08. The van der Waals surface area contributed by atoms with Crippen molar-refractivity contribution in [3.8, 4) is 11.1 Å². The molecular weight excluding hydrogens is 434 g/mol. The fraction of sp³-hybridized carbons (Fsp3) is 0.161. The van der Waals surface area contributed by atoms with Crippen LogP contribution in [-0.4, -0.2) is 28.4 Å². The van der Waals surface area contributed by atoms with Gasteiger partial charge in [0.2, 0.25) is 5.91 Å². The predicted molar refractivity (Wildman–Crippen MR) is 139 cm³/mol. The van der Waals surface area contributed by atoms with Crippen LogP contribution >= 0.6 is 0 Å². The number of benzene rings is 4. The first-order valence-corrected chi connectivity index (χ1v) is 11.9. The van der Waals surface area contributed by atoms with Crippen molar-refractivity contribution in [2.24, 2.45) is 0 Å². The van der Waals surface area contributed by atoms with Crippen molar-refractivity contribution in [3.05, 3.63) is 131 Å². The van der Waals surface area contributed by atoms with E-state index in [2.05, 4.69) is 12.1 Å². The Hall–Kier alpha value is -4.18. The molecule has 0 bridgehead atoms. The molecule has 0 unspecified atom stereocenters. The molecule has 0 aliphatic heterocycles. The van der Waals surface area contributed by atoms with E-state index in [0.29, 0.717) is 25.1 Å². The van der Waals surface area contributed by atoms with E-state index in [0.717, 1.165) is 29.5 Å². The van der Waals surface area contributed by atoms with Gasteiger partial charge in [-0.1, -0.05) is 103 Å². The van der Waals surface area contributed by atoms with E-state index in [4.69, 9.17) is 0 Å². The van der Waals surface area contributed by atoms with Gasteiger partial charge in [-0.2, -0.15) is 0 Å². The monoisotopic (exact) mass is 463 g/mol. The average Bonchev–Trinajstić information content (AvgIpc) is 2.89. The summed E-state index contributed by atoms with van der Waals surface area (Å²) in [7, 11) is 0. The number of hydrogen-bond donors (Lipinski definition) is 1. The molecule has 0 spiro atoms. The number of carbonyl (C=O) groups excluding carboxylic acids is 1. The zero-order valence-electron chi connectivity index (χ0n) is 19.6. The number of amides is 1. The second-order valence-electron chi connectivity index (χ2n) is 8.57. The molecular formula is C31H29NO3. The number of aromatic carboxylic acids is 1. The summed E-state index contributed by atoms with van der Waals surface area (Å²) < 4.78 is 0. The first-order valence-electron chi connectivity index (χ1n) is 11.9. The fourth-order valence-electron chi connectivity index (χ4n) is 4.32. The van der Waals surface area contributed by atoms with Gasteiger partial charge < -0.3 is 10.0 Å². The second-order valence-corrected chi connectivity index (χ2v) is 8.57. The van der Waals surface area contributed by atoms with Crippen molar-refractivity contribution < 1.29 is 14.7 Å². The Bertz CT molecular complexity index is 1270. The summed E-state index contributed by atoms with van der Waals surface area (Å²) in [5.41, 5.74) is 4.92. The number of aryl methyl sites for hydroxylation is 1. The fourth-order valence-corrected chi connectivity index (χ4v) is 4.32. The van der Waals surface area contributed by atoms with Crippen molar-refractivity contribution in [1.82, 2.24) is 4.90 Å². The summed E-state index contributed by atoms with van der Waals surface area (Å²) in [6, 6.07) is 34.8. The van der Waals surface area contributed by atoms with Gasteiger partial charge in [0.25, 0.3) is 0 Å². The molecule has 1 N–H and O–H groups in total. The lowest BCUT2D eigenvalue weighted by Gasteiger charge is -2.25. The molecule has 4 aromatic rings. The Morgan fingerprint density at radius 2 is 1.23 bits per heavy atom. The molecule has 0 aliphatic carbocycles. The Morgan fingerprint density at radius 3 is 1.91 bits per heavy atom. The standard InChI is InChI=1S/C31H29NO3/c33-30(22-25-14-5-2-6-15-25)32(21-11-16-24-12-3-1-4-13-24)23-26-17-7-8-18-27(26)28-19-9-10-20-29(28)31(34)35/h1-10,12-15,17-20H,11,16,21-23H2,(H,34,35). The highest BCUT2D eigenvalue weighted by atomic mass is 16.4. The van der Waals surface area contributed by atoms with Crippen molar-refractivity contribution in [1.29, 1.82) is 0 Å². The van der Waals surface area contributed by atoms with Crippen molar-refractivity contribution in [2.75, 3.05) is 6.54 Å². The third-order valence-corrected chi connectivity index (χ3v) is 6.11. The van der Waals surface area contributed by atoms with E-state index in [1.54, 1.807) is 12.1 Å². The summed E-state index contributed by atoms with van der Waals surface area (Å²) in [6.07, 6.45) is 2.07. The molecule has 0 aliphatic rings. The van der Waals surface area contributed by atoms with Crippen LogP contribution in [0.5, 0.6) is 0 Å². The van der Waals surface area contributed by atoms with Gasteiger partial charge in [-0.25, -0.2) is 4.79 Å². The van der Waals surface area contributed by atoms with Crippen LogP contribution in [0.3, 0.4) is 0 Å². The average molecular weight is 464 g/mol. The molecule has 0 radical (unpaired) electrons. The maximum absolute atomic E-state index is 13.4. The molecule has 0 saturated carbocycles. The molecule has 4 nitrogen and oxygen atoms in total. The highest BCUT2D eigenvalue weighted by molar-refractivity contribution is 5.96. The summed E-state index contributed by atoms with van der Waals surface area (Å²) in [4.78, 5) is 27.2. The predicted octanol–water partition coefficient (Wildman–Crippen LogP) is 6.26. The quantitative estimate of drug-likeness (QED) is 0.302. The molecule has 0 atom stereocenters. The minimum atomic E-state index is -0.963. The van der Waals surface area contributed by atoms with Gasteiger partial charge in [0, 0.05) is 13.1 Å². The molecule has 0 saturated heterocycles. The molecule has 176 valence electrons. The third kappa shape index (κ3) is 6.45. The molecule has 1 amide bonds. The van der Waals surface area contributed by atoms with Gasteiger partial charge in [-0.15, -0.1) is 0 Å². The molecule has 4 heteroatoms. The van der Waals surface area contributed by atoms with Crippen LogP contribution in [-0.2, 0) is 24.2 Å². The maximum atomic E-state index is 13.4. The Labute approximate surface area is 206 Å². The number of carboxylic acids is 1. The van der Waals surface area contributed by atoms with Crippen molar-refractivity contribution >= 4 is 11.9 Å². The molecule has 0 fully saturated rings. The molecule has 0 aromatic heterocycles. The second kappa shape index (κ2) is 11.8. The largest absolute Gasteiger partial charge is 0.478 e. The third-order valence-electron chi connectivity index (χ3n) is 6.11. The number of carboxylic acid groups (broad SMARTS) is 1. The lowest BCUT2D eigenvalue weighted by atomic mass is 9.95. The van der Waals surface area contributed by atoms with Crippen LogP contribution < -0.4 is 0 Å². The van der Waals surface area contributed by atoms with Gasteiger partial charge in [-0.3, -0.25) is 4.79 Å². The highest BCUT2D eigenvalue weighted by Crippen LogP contribution is 2.28. The lowest BCUT2D eigenvalue weighted by Crippen LogP contribution is -2.33. The number of hydrogen-bond acceptors (Lipinski definition) is 2. The molecule has 0 heterocycles. The SMILES string of the molecule is O=C(O)c1ccccc1-c1ccccc1CN(CCCc1ccccc1)C(=O)Cc1ccccc1. The first kappa shape index (κ1) is 24.0. The van der Waals surface area contributed by atoms with Crippen LogP contribution in [0.4, 0.5) is 0 Å². The van der Waals surface area contributed by atoms with Crippen LogP contribution in [0.15, 0.2) is 109 Å². The molecule has 4 aromatic carbocycles. The summed E-state index contributed by atoms with van der Waals surface area (Å²) in [5.74, 6) is -0.902. The summed E-state index contributed by atoms with van der Waals surface area (Å²) in [5, 5.41) is 9.71. The van der Waals surface area contributed by atoms with E-state index >= 15 is 0 Å². The van der Waals surface area contributed by atoms with Gasteiger partial charge in [-0.05, 0) is 46.7 Å². The van der Waals surface area contributed by atoms with E-state index in [9.17, 15) is 14.7 Å². The van der Waals surface area contributed by atoms with Crippen LogP contribution in [0, 0.1) is 0 Å². The number of carbonyl (C=O) groups is 2. The van der Waals surface area contributed by atoms with E-state index in [-0.39, 0.29) is 11.5 Å². The van der Waals surface area contributed by atoms with Gasteiger partial charge in [0.1, 0.15) is 0 Å². The first-order chi connectivity index (χ1) is 17.1. The van der Waals surface area contributed by atoms with E-state index in [1.165, 1.54) is 5.56 Å². The number of rotatable bonds is 10. The smallest absolute Gasteiger partial charge is 0.336 e. The van der Waals surface area contributed by atoms with E-state index in [1.807, 2.05) is 89.8 Å². The van der Waals surface area contributed by atoms with Crippen LogP contribution in [0.1, 0.15) is 33.5 Å². The summed E-state index contributed by atoms with van der Waals surface area (Å²) >= 11 is 0. The minimum Gasteiger partial charge on any atom is -0.478 e. The molecule has 35 heavy (non-hydrogen) atoms. The van der Waals surface area contributed by atoms with Gasteiger partial charge >= 0.3 is 5.97 Å². The van der Waals surface area contributed by atoms with Crippen LogP contribution in [0.25, 0.3) is 11.1 Å². The zero-order valence-corrected chi connectivity index (χ0v) is 19.6. The Balaban J connectivity index is 1.59. The van der Waals surface area contributed by atoms with E-state index < -0.39 is 5.97 Å². The maximum Gasteiger partial charge on any atom is 0.336 e. The highest BCUT2D eigenvalue weighted by Gasteiger charge is 2.19. The topological polar surface area (TPSA) is 57.6 Å². The number of nitrogens with zero attached hydrogens (tertiary/aromatic N) is 1. The minimum absolute atomic E-state index is 0.0607. The Morgan fingerprint density at radius 1 is 0.657 bits per heavy atom. The van der Waals surface area contributed by atoms with Gasteiger partial charge in [0.15, 0.2) is 0 Å².